The molecule has 40 heavy (non-hydrogen) atoms. The van der Waals surface area contributed by atoms with Crippen LogP contribution in [0, 0.1) is 22.9 Å². The number of piperazine rings is 1. The van der Waals surface area contributed by atoms with Gasteiger partial charge in [0, 0.05) is 62.9 Å². The van der Waals surface area contributed by atoms with Gasteiger partial charge in [-0.05, 0) is 25.5 Å². The fourth-order valence-corrected chi connectivity index (χ4v) is 4.98. The van der Waals surface area contributed by atoms with Gasteiger partial charge in [0.15, 0.2) is 11.6 Å². The molecule has 2 aromatic rings. The van der Waals surface area contributed by atoms with Gasteiger partial charge in [-0.15, -0.1) is 0 Å². The number of benzene rings is 1. The lowest BCUT2D eigenvalue weighted by Gasteiger charge is -2.39. The quantitative estimate of drug-likeness (QED) is 0.573. The van der Waals surface area contributed by atoms with Crippen molar-refractivity contribution in [2.45, 2.75) is 46.7 Å². The molecule has 13 heteroatoms. The fourth-order valence-electron chi connectivity index (χ4n) is 4.98. The van der Waals surface area contributed by atoms with E-state index in [1.807, 2.05) is 32.7 Å². The zero-order chi connectivity index (χ0) is 29.4. The van der Waals surface area contributed by atoms with E-state index in [2.05, 4.69) is 10.4 Å². The molecule has 1 saturated heterocycles. The third kappa shape index (κ3) is 5.93. The molecule has 2 aliphatic rings. The topological polar surface area (TPSA) is 100 Å². The number of nitrogens with zero attached hydrogens (tertiary/aromatic N) is 5. The van der Waals surface area contributed by atoms with Crippen molar-refractivity contribution in [3.8, 4) is 11.3 Å². The largest absolute Gasteiger partial charge is 0.450 e. The first-order valence-electron chi connectivity index (χ1n) is 13.3. The van der Waals surface area contributed by atoms with Crippen LogP contribution in [0.5, 0.6) is 0 Å². The Bertz CT molecular complexity index is 1300. The van der Waals surface area contributed by atoms with E-state index in [4.69, 9.17) is 4.74 Å². The van der Waals surface area contributed by atoms with Crippen LogP contribution in [-0.4, -0.2) is 94.9 Å². The highest BCUT2D eigenvalue weighted by Crippen LogP contribution is 2.32. The number of amides is 3. The maximum absolute atomic E-state index is 14.7. The third-order valence-electron chi connectivity index (χ3n) is 7.20. The summed E-state index contributed by atoms with van der Waals surface area (Å²) in [6.45, 7) is 9.53. The van der Waals surface area contributed by atoms with Gasteiger partial charge < -0.3 is 24.8 Å². The number of fused-ring (bicyclic) bond motifs is 1. The van der Waals surface area contributed by atoms with Crippen molar-refractivity contribution in [3.63, 3.8) is 0 Å². The van der Waals surface area contributed by atoms with Crippen molar-refractivity contribution >= 4 is 18.0 Å². The summed E-state index contributed by atoms with van der Waals surface area (Å²) in [6.07, 6.45) is -0.0285. The second kappa shape index (κ2) is 11.5. The average molecular weight is 565 g/mol. The first-order valence-corrected chi connectivity index (χ1v) is 13.3. The molecule has 4 rings (SSSR count). The molecule has 1 aromatic carbocycles. The molecule has 218 valence electrons. The van der Waals surface area contributed by atoms with Gasteiger partial charge in [0.25, 0.3) is 0 Å². The number of hydrogen-bond donors (Lipinski definition) is 1. The number of rotatable bonds is 4. The van der Waals surface area contributed by atoms with Crippen LogP contribution in [0.1, 0.15) is 39.0 Å². The van der Waals surface area contributed by atoms with E-state index < -0.39 is 41.0 Å². The highest BCUT2D eigenvalue weighted by Gasteiger charge is 2.38. The molecule has 0 radical (unpaired) electrons. The highest BCUT2D eigenvalue weighted by molar-refractivity contribution is 5.89. The number of hydrogen-bond acceptors (Lipinski definition) is 6. The van der Waals surface area contributed by atoms with E-state index in [0.29, 0.717) is 49.9 Å². The lowest BCUT2D eigenvalue weighted by atomic mass is 9.85. The van der Waals surface area contributed by atoms with E-state index in [0.717, 1.165) is 10.7 Å². The second-order valence-corrected chi connectivity index (χ2v) is 11.2. The Hall–Kier alpha value is -3.61. The molecular weight excluding hydrogens is 529 g/mol. The van der Waals surface area contributed by atoms with Gasteiger partial charge in [-0.3, -0.25) is 4.79 Å². The van der Waals surface area contributed by atoms with Crippen LogP contribution in [0.25, 0.3) is 11.3 Å². The summed E-state index contributed by atoms with van der Waals surface area (Å²) in [4.78, 5) is 44.3. The highest BCUT2D eigenvalue weighted by atomic mass is 19.2. The van der Waals surface area contributed by atoms with Crippen molar-refractivity contribution in [2.24, 2.45) is 5.41 Å². The first kappa shape index (κ1) is 29.4. The molecule has 1 unspecified atom stereocenters. The Morgan fingerprint density at radius 2 is 1.62 bits per heavy atom. The summed E-state index contributed by atoms with van der Waals surface area (Å²) >= 11 is 0. The number of likely N-dealkylation sites (N-methyl/N-ethyl adjacent to an activating group) is 1. The summed E-state index contributed by atoms with van der Waals surface area (Å²) in [5.41, 5.74) is 0.148. The summed E-state index contributed by atoms with van der Waals surface area (Å²) in [6, 6.07) is -0.433. The number of carbonyl (C=O) groups is 3. The van der Waals surface area contributed by atoms with Crippen LogP contribution in [0.2, 0.25) is 0 Å². The lowest BCUT2D eigenvalue weighted by Crippen LogP contribution is -2.59. The van der Waals surface area contributed by atoms with Gasteiger partial charge in [-0.1, -0.05) is 20.8 Å². The standard InChI is InChI=1S/C27H35F3N6O4/c1-6-40-26(39)35-11-9-34(10-12-35)24(37)23(27(2,3)4)31-25(38)36-21-7-8-33(5)15-17(21)22(32-36)16-13-19(29)20(30)14-18(16)28/h13-14,23H,6-12,15H2,1-5H3,(H,31,38). The smallest absolute Gasteiger partial charge is 0.409 e. The lowest BCUT2D eigenvalue weighted by molar-refractivity contribution is -0.137. The minimum atomic E-state index is -1.32. The van der Waals surface area contributed by atoms with Crippen molar-refractivity contribution in [3.05, 3.63) is 40.8 Å². The Morgan fingerprint density at radius 3 is 2.25 bits per heavy atom. The molecule has 0 saturated carbocycles. The number of aromatic nitrogens is 2. The van der Waals surface area contributed by atoms with E-state index in [-0.39, 0.29) is 36.9 Å². The van der Waals surface area contributed by atoms with Crippen molar-refractivity contribution < 1.29 is 32.3 Å². The molecule has 0 spiro atoms. The van der Waals surface area contributed by atoms with Crippen LogP contribution in [0.15, 0.2) is 12.1 Å². The van der Waals surface area contributed by atoms with Gasteiger partial charge in [0.05, 0.1) is 12.3 Å². The molecule has 2 aliphatic heterocycles. The molecule has 1 aromatic heterocycles. The van der Waals surface area contributed by atoms with Crippen LogP contribution < -0.4 is 5.32 Å². The fraction of sp³-hybridized carbons (Fsp3) is 0.556. The first-order chi connectivity index (χ1) is 18.8. The zero-order valence-electron chi connectivity index (χ0n) is 23.4. The average Bonchev–Trinajstić information content (AvgIpc) is 3.27. The van der Waals surface area contributed by atoms with Gasteiger partial charge in [0.1, 0.15) is 17.6 Å². The number of nitrogens with one attached hydrogen (secondary N) is 1. The Labute approximate surface area is 231 Å². The maximum Gasteiger partial charge on any atom is 0.409 e. The Morgan fingerprint density at radius 1 is 1.00 bits per heavy atom. The van der Waals surface area contributed by atoms with Crippen molar-refractivity contribution in [2.75, 3.05) is 46.4 Å². The van der Waals surface area contributed by atoms with Gasteiger partial charge >= 0.3 is 12.1 Å². The summed E-state index contributed by atoms with van der Waals surface area (Å²) in [5, 5.41) is 7.16. The number of carbonyl (C=O) groups excluding carboxylic acids is 3. The molecule has 1 atom stereocenters. The van der Waals surface area contributed by atoms with Gasteiger partial charge in [-0.25, -0.2) is 22.8 Å². The minimum Gasteiger partial charge on any atom is -0.450 e. The third-order valence-corrected chi connectivity index (χ3v) is 7.20. The molecule has 1 fully saturated rings. The molecule has 0 aliphatic carbocycles. The van der Waals surface area contributed by atoms with Crippen LogP contribution >= 0.6 is 0 Å². The van der Waals surface area contributed by atoms with Crippen LogP contribution in [-0.2, 0) is 22.5 Å². The molecule has 1 N–H and O–H groups in total. The molecule has 0 bridgehead atoms. The minimum absolute atomic E-state index is 0.0434. The normalized spacial score (nSPS) is 16.9. The molecule has 3 amide bonds. The zero-order valence-corrected chi connectivity index (χ0v) is 23.4. The summed E-state index contributed by atoms with van der Waals surface area (Å²) < 4.78 is 48.6. The predicted molar refractivity (Wildman–Crippen MR) is 140 cm³/mol. The SMILES string of the molecule is CCOC(=O)N1CCN(C(=O)C(NC(=O)n2nc(-c3cc(F)c(F)cc3F)c3c2CCN(C)C3)C(C)(C)C)CC1. The van der Waals surface area contributed by atoms with E-state index >= 15 is 0 Å². The number of halogens is 3. The van der Waals surface area contributed by atoms with Gasteiger partial charge in [0.2, 0.25) is 5.91 Å². The molecule has 3 heterocycles. The second-order valence-electron chi connectivity index (χ2n) is 11.2. The molecular formula is C27H35F3N6O4. The van der Waals surface area contributed by atoms with Crippen LogP contribution in [0.3, 0.4) is 0 Å². The monoisotopic (exact) mass is 564 g/mol. The van der Waals surface area contributed by atoms with E-state index in [9.17, 15) is 27.6 Å². The van der Waals surface area contributed by atoms with E-state index in [1.54, 1.807) is 11.8 Å². The summed E-state index contributed by atoms with van der Waals surface area (Å²) in [5.74, 6) is -3.85. The summed E-state index contributed by atoms with van der Waals surface area (Å²) in [7, 11) is 1.85. The van der Waals surface area contributed by atoms with E-state index in [1.165, 1.54) is 4.90 Å². The maximum atomic E-state index is 14.7. The predicted octanol–water partition coefficient (Wildman–Crippen LogP) is 3.23. The number of ether oxygens (including phenoxy) is 1. The van der Waals surface area contributed by atoms with Crippen molar-refractivity contribution in [1.29, 1.82) is 0 Å². The van der Waals surface area contributed by atoms with Crippen molar-refractivity contribution in [1.82, 2.24) is 29.8 Å². The van der Waals surface area contributed by atoms with Gasteiger partial charge in [-0.2, -0.15) is 9.78 Å². The molecule has 10 nitrogen and oxygen atoms in total. The Kier molecular flexibility index (Phi) is 8.43. The van der Waals surface area contributed by atoms with Crippen LogP contribution in [0.4, 0.5) is 22.8 Å². The Balaban J connectivity index is 1.61.